The molecule has 0 fully saturated rings. The maximum atomic E-state index is 11.6. The van der Waals surface area contributed by atoms with Crippen LogP contribution in [-0.4, -0.2) is 13.1 Å². The third-order valence-corrected chi connectivity index (χ3v) is 1.97. The number of rotatable bonds is 3. The van der Waals surface area contributed by atoms with E-state index in [2.05, 4.69) is 5.32 Å². The average Bonchev–Trinajstić information content (AvgIpc) is 2.17. The minimum atomic E-state index is -0.726. The van der Waals surface area contributed by atoms with Crippen LogP contribution in [0.25, 0.3) is 5.32 Å². The van der Waals surface area contributed by atoms with Crippen LogP contribution in [0.5, 0.6) is 0 Å². The number of hydrogen-bond donors (Lipinski definition) is 0. The first kappa shape index (κ1) is 16.8. The summed E-state index contributed by atoms with van der Waals surface area (Å²) in [6.07, 6.45) is -0.726. The van der Waals surface area contributed by atoms with Gasteiger partial charge >= 0.3 is 37.7 Å². The van der Waals surface area contributed by atoms with Gasteiger partial charge in [0.15, 0.2) is 0 Å². The Balaban J connectivity index is 0. The molecule has 0 unspecified atom stereocenters. The molecule has 0 radical (unpaired) electrons. The van der Waals surface area contributed by atoms with Crippen LogP contribution in [0.15, 0.2) is 30.3 Å². The van der Waals surface area contributed by atoms with Crippen LogP contribution in [0.3, 0.4) is 0 Å². The van der Waals surface area contributed by atoms with E-state index in [1.807, 2.05) is 37.3 Å². The standard InChI is InChI=1S/C10H13NO.2Li/c1-8(11-2)10(12)9-6-4-3-5-7-9;;/h3-8,10H,1-2H3;;/q-2;2*+1/t8-,10-;;/m1../s1. The Morgan fingerprint density at radius 3 is 2.07 bits per heavy atom. The van der Waals surface area contributed by atoms with Gasteiger partial charge in [-0.05, 0) is 0 Å². The molecule has 0 amide bonds. The largest absolute Gasteiger partial charge is 1.00 e. The van der Waals surface area contributed by atoms with E-state index in [0.29, 0.717) is 0 Å². The zero-order valence-electron chi connectivity index (χ0n) is 9.40. The number of hydrogen-bond acceptors (Lipinski definition) is 1. The van der Waals surface area contributed by atoms with Crippen LogP contribution in [-0.2, 0) is 0 Å². The van der Waals surface area contributed by atoms with E-state index in [9.17, 15) is 5.11 Å². The van der Waals surface area contributed by atoms with Crippen molar-refractivity contribution >= 4 is 0 Å². The van der Waals surface area contributed by atoms with Gasteiger partial charge in [-0.1, -0.05) is 42.8 Å². The first-order valence-electron chi connectivity index (χ1n) is 4.05. The molecule has 4 heteroatoms. The van der Waals surface area contributed by atoms with E-state index in [-0.39, 0.29) is 43.8 Å². The molecule has 0 aliphatic rings. The summed E-state index contributed by atoms with van der Waals surface area (Å²) in [7, 11) is 1.68. The quantitative estimate of drug-likeness (QED) is 0.429. The number of likely N-dealkylation sites (N-methyl/N-ethyl adjacent to an activating group) is 1. The number of benzene rings is 1. The van der Waals surface area contributed by atoms with Gasteiger partial charge in [0.25, 0.3) is 0 Å². The first-order chi connectivity index (χ1) is 5.75. The van der Waals surface area contributed by atoms with Crippen molar-refractivity contribution in [3.05, 3.63) is 41.2 Å². The van der Waals surface area contributed by atoms with Gasteiger partial charge in [-0.25, -0.2) is 0 Å². The van der Waals surface area contributed by atoms with Crippen LogP contribution >= 0.6 is 0 Å². The molecule has 0 aliphatic heterocycles. The Morgan fingerprint density at radius 1 is 1.14 bits per heavy atom. The molecule has 0 aromatic heterocycles. The smallest absolute Gasteiger partial charge is 0.850 e. The van der Waals surface area contributed by atoms with Crippen molar-refractivity contribution in [2.45, 2.75) is 19.1 Å². The predicted octanol–water partition coefficient (Wildman–Crippen LogP) is -4.51. The Hall–Kier alpha value is 0.335. The van der Waals surface area contributed by atoms with E-state index in [0.717, 1.165) is 5.56 Å². The first-order valence-corrected chi connectivity index (χ1v) is 4.05. The second kappa shape index (κ2) is 8.63. The summed E-state index contributed by atoms with van der Waals surface area (Å²) in [6, 6.07) is 9.21. The topological polar surface area (TPSA) is 37.2 Å². The van der Waals surface area contributed by atoms with Gasteiger partial charge in [-0.15, -0.1) is 12.1 Å². The summed E-state index contributed by atoms with van der Waals surface area (Å²) in [5, 5.41) is 15.5. The minimum absolute atomic E-state index is 0. The summed E-state index contributed by atoms with van der Waals surface area (Å²) in [5.74, 6) is 0. The van der Waals surface area contributed by atoms with Gasteiger partial charge in [-0.3, -0.25) is 0 Å². The van der Waals surface area contributed by atoms with E-state index in [1.165, 1.54) is 0 Å². The summed E-state index contributed by atoms with van der Waals surface area (Å²) in [5.41, 5.74) is 0.815. The van der Waals surface area contributed by atoms with E-state index >= 15 is 0 Å². The average molecular weight is 177 g/mol. The maximum absolute atomic E-state index is 11.6. The zero-order chi connectivity index (χ0) is 8.97. The Bertz CT molecular complexity index is 231. The molecule has 14 heavy (non-hydrogen) atoms. The molecule has 0 bridgehead atoms. The molecule has 0 aliphatic carbocycles. The van der Waals surface area contributed by atoms with Gasteiger partial charge in [-0.2, -0.15) is 7.05 Å². The van der Waals surface area contributed by atoms with Gasteiger partial charge < -0.3 is 10.4 Å². The van der Waals surface area contributed by atoms with Gasteiger partial charge in [0.05, 0.1) is 0 Å². The van der Waals surface area contributed by atoms with E-state index in [4.69, 9.17) is 0 Å². The molecule has 0 spiro atoms. The van der Waals surface area contributed by atoms with E-state index < -0.39 is 6.10 Å². The fourth-order valence-corrected chi connectivity index (χ4v) is 1.06. The third-order valence-electron chi connectivity index (χ3n) is 1.97. The van der Waals surface area contributed by atoms with Crippen molar-refractivity contribution in [2.75, 3.05) is 7.05 Å². The van der Waals surface area contributed by atoms with Crippen LogP contribution in [0, 0.1) is 0 Å². The van der Waals surface area contributed by atoms with Gasteiger partial charge in [0.1, 0.15) is 0 Å². The van der Waals surface area contributed by atoms with E-state index in [1.54, 1.807) is 7.05 Å². The molecule has 1 aromatic rings. The molecule has 1 aromatic carbocycles. The Labute approximate surface area is 110 Å². The summed E-state index contributed by atoms with van der Waals surface area (Å²) < 4.78 is 0. The van der Waals surface area contributed by atoms with Crippen molar-refractivity contribution in [2.24, 2.45) is 0 Å². The summed E-state index contributed by atoms with van der Waals surface area (Å²) >= 11 is 0. The van der Waals surface area contributed by atoms with Crippen molar-refractivity contribution < 1.29 is 42.8 Å². The van der Waals surface area contributed by atoms with Crippen molar-refractivity contribution in [1.29, 1.82) is 0 Å². The van der Waals surface area contributed by atoms with Gasteiger partial charge in [0.2, 0.25) is 0 Å². The number of nitrogens with zero attached hydrogens (tertiary/aromatic N) is 1. The fraction of sp³-hybridized carbons (Fsp3) is 0.400. The molecule has 0 saturated heterocycles. The Kier molecular flexibility index (Phi) is 10.3. The molecule has 0 saturated carbocycles. The molecule has 0 heterocycles. The zero-order valence-corrected chi connectivity index (χ0v) is 9.40. The molecule has 1 rings (SSSR count). The third kappa shape index (κ3) is 4.71. The van der Waals surface area contributed by atoms with Crippen LogP contribution in [0.1, 0.15) is 18.6 Å². The summed E-state index contributed by atoms with van der Waals surface area (Å²) in [6.45, 7) is 1.84. The molecule has 2 nitrogen and oxygen atoms in total. The van der Waals surface area contributed by atoms with Crippen LogP contribution < -0.4 is 42.8 Å². The molecular formula is C10H13Li2NO. The monoisotopic (exact) mass is 177 g/mol. The molecule has 66 valence electrons. The molecule has 2 atom stereocenters. The minimum Gasteiger partial charge on any atom is -0.850 e. The predicted molar refractivity (Wildman–Crippen MR) is 47.9 cm³/mol. The van der Waals surface area contributed by atoms with Gasteiger partial charge in [0, 0.05) is 0 Å². The second-order valence-electron chi connectivity index (χ2n) is 2.83. The Morgan fingerprint density at radius 2 is 1.64 bits per heavy atom. The fourth-order valence-electron chi connectivity index (χ4n) is 1.06. The molecule has 0 N–H and O–H groups in total. The van der Waals surface area contributed by atoms with Crippen molar-refractivity contribution in [1.82, 2.24) is 0 Å². The van der Waals surface area contributed by atoms with Crippen molar-refractivity contribution in [3.63, 3.8) is 0 Å². The molecular weight excluding hydrogens is 164 g/mol. The van der Waals surface area contributed by atoms with Crippen LogP contribution in [0.4, 0.5) is 0 Å². The second-order valence-corrected chi connectivity index (χ2v) is 2.83. The normalized spacial score (nSPS) is 13.4. The maximum Gasteiger partial charge on any atom is 1.00 e. The van der Waals surface area contributed by atoms with Crippen molar-refractivity contribution in [3.8, 4) is 0 Å². The SMILES string of the molecule is C[N-][C@H](C)[C@@H]([O-])c1ccccc1.[Li+].[Li+]. The summed E-state index contributed by atoms with van der Waals surface area (Å²) in [4.78, 5) is 0. The van der Waals surface area contributed by atoms with Crippen LogP contribution in [0.2, 0.25) is 0 Å².